The van der Waals surface area contributed by atoms with Crippen LogP contribution in [-0.2, 0) is 0 Å². The molecule has 0 amide bonds. The van der Waals surface area contributed by atoms with E-state index >= 15 is 0 Å². The quantitative estimate of drug-likeness (QED) is 0.873. The van der Waals surface area contributed by atoms with Crippen LogP contribution in [0.3, 0.4) is 0 Å². The lowest BCUT2D eigenvalue weighted by Crippen LogP contribution is -2.07. The van der Waals surface area contributed by atoms with Gasteiger partial charge in [-0.3, -0.25) is 0 Å². The molecule has 2 aromatic rings. The molecule has 1 aromatic carbocycles. The van der Waals surface area contributed by atoms with E-state index < -0.39 is 0 Å². The van der Waals surface area contributed by atoms with Gasteiger partial charge in [0, 0.05) is 12.2 Å². The standard InChI is InChI=1S/C15H21N5/c1-5-6-16-13-9-17-20-15(18-13)19-14-11(3)7-10(2)8-12(14)4/h7-9H,5-6H2,1-4H3,(H2,16,18,19,20). The zero-order chi connectivity index (χ0) is 14.5. The molecule has 1 aromatic heterocycles. The van der Waals surface area contributed by atoms with Crippen molar-refractivity contribution in [2.75, 3.05) is 17.2 Å². The molecule has 0 atom stereocenters. The summed E-state index contributed by atoms with van der Waals surface area (Å²) in [6.07, 6.45) is 2.68. The first-order chi connectivity index (χ1) is 9.60. The third kappa shape index (κ3) is 3.44. The van der Waals surface area contributed by atoms with Gasteiger partial charge in [0.1, 0.15) is 0 Å². The van der Waals surface area contributed by atoms with Gasteiger partial charge in [0.2, 0.25) is 5.95 Å². The fraction of sp³-hybridized carbons (Fsp3) is 0.400. The predicted molar refractivity (Wildman–Crippen MR) is 82.5 cm³/mol. The maximum absolute atomic E-state index is 4.41. The van der Waals surface area contributed by atoms with Crippen molar-refractivity contribution in [1.29, 1.82) is 0 Å². The van der Waals surface area contributed by atoms with Gasteiger partial charge < -0.3 is 10.6 Å². The Morgan fingerprint density at radius 2 is 1.80 bits per heavy atom. The number of rotatable bonds is 5. The molecule has 0 radical (unpaired) electrons. The fourth-order valence-corrected chi connectivity index (χ4v) is 2.18. The summed E-state index contributed by atoms with van der Waals surface area (Å²) in [5.74, 6) is 1.26. The van der Waals surface area contributed by atoms with Crippen LogP contribution in [0.25, 0.3) is 0 Å². The highest BCUT2D eigenvalue weighted by molar-refractivity contribution is 5.64. The molecular formula is C15H21N5. The smallest absolute Gasteiger partial charge is 0.249 e. The topological polar surface area (TPSA) is 62.7 Å². The average Bonchev–Trinajstić information content (AvgIpc) is 2.41. The summed E-state index contributed by atoms with van der Waals surface area (Å²) in [5, 5.41) is 14.5. The lowest BCUT2D eigenvalue weighted by Gasteiger charge is -2.13. The third-order valence-corrected chi connectivity index (χ3v) is 3.03. The largest absolute Gasteiger partial charge is 0.369 e. The minimum atomic E-state index is 0.515. The molecule has 0 aliphatic heterocycles. The van der Waals surface area contributed by atoms with E-state index in [9.17, 15) is 0 Å². The van der Waals surface area contributed by atoms with Crippen LogP contribution in [-0.4, -0.2) is 21.7 Å². The van der Waals surface area contributed by atoms with Gasteiger partial charge in [0.05, 0.1) is 6.20 Å². The fourth-order valence-electron chi connectivity index (χ4n) is 2.18. The van der Waals surface area contributed by atoms with Gasteiger partial charge >= 0.3 is 0 Å². The van der Waals surface area contributed by atoms with Crippen molar-refractivity contribution < 1.29 is 0 Å². The molecule has 0 fully saturated rings. The number of nitrogens with one attached hydrogen (secondary N) is 2. The summed E-state index contributed by atoms with van der Waals surface area (Å²) >= 11 is 0. The molecule has 2 N–H and O–H groups in total. The van der Waals surface area contributed by atoms with E-state index in [-0.39, 0.29) is 0 Å². The number of anilines is 3. The van der Waals surface area contributed by atoms with Crippen LogP contribution in [0.5, 0.6) is 0 Å². The van der Waals surface area contributed by atoms with Crippen LogP contribution < -0.4 is 10.6 Å². The molecule has 0 unspecified atom stereocenters. The van der Waals surface area contributed by atoms with Crippen LogP contribution in [0.2, 0.25) is 0 Å². The first-order valence-electron chi connectivity index (χ1n) is 6.88. The lowest BCUT2D eigenvalue weighted by atomic mass is 10.1. The lowest BCUT2D eigenvalue weighted by molar-refractivity contribution is 0.934. The molecule has 0 aliphatic rings. The molecular weight excluding hydrogens is 250 g/mol. The Bertz CT molecular complexity index is 572. The Morgan fingerprint density at radius 3 is 2.45 bits per heavy atom. The number of aromatic nitrogens is 3. The van der Waals surface area contributed by atoms with Gasteiger partial charge in [0.15, 0.2) is 5.82 Å². The van der Waals surface area contributed by atoms with E-state index in [1.165, 1.54) is 16.7 Å². The van der Waals surface area contributed by atoms with E-state index in [0.29, 0.717) is 5.95 Å². The first kappa shape index (κ1) is 14.2. The molecule has 5 nitrogen and oxygen atoms in total. The summed E-state index contributed by atoms with van der Waals surface area (Å²) in [6, 6.07) is 4.28. The van der Waals surface area contributed by atoms with Crippen molar-refractivity contribution in [1.82, 2.24) is 15.2 Å². The van der Waals surface area contributed by atoms with E-state index in [4.69, 9.17) is 0 Å². The molecule has 0 aliphatic carbocycles. The normalized spacial score (nSPS) is 10.4. The third-order valence-electron chi connectivity index (χ3n) is 3.03. The number of hydrogen-bond donors (Lipinski definition) is 2. The van der Waals surface area contributed by atoms with Crippen molar-refractivity contribution >= 4 is 17.5 Å². The zero-order valence-corrected chi connectivity index (χ0v) is 12.5. The summed E-state index contributed by atoms with van der Waals surface area (Å²) in [6.45, 7) is 9.24. The van der Waals surface area contributed by atoms with Gasteiger partial charge in [-0.1, -0.05) is 24.6 Å². The molecule has 2 rings (SSSR count). The Morgan fingerprint density at radius 1 is 1.10 bits per heavy atom. The van der Waals surface area contributed by atoms with Crippen LogP contribution >= 0.6 is 0 Å². The van der Waals surface area contributed by atoms with Gasteiger partial charge in [-0.05, 0) is 38.3 Å². The van der Waals surface area contributed by atoms with Gasteiger partial charge in [-0.25, -0.2) is 0 Å². The molecule has 106 valence electrons. The molecule has 20 heavy (non-hydrogen) atoms. The zero-order valence-electron chi connectivity index (χ0n) is 12.5. The van der Waals surface area contributed by atoms with Crippen LogP contribution in [0.15, 0.2) is 18.3 Å². The highest BCUT2D eigenvalue weighted by atomic mass is 15.3. The number of benzene rings is 1. The summed E-state index contributed by atoms with van der Waals surface area (Å²) in [4.78, 5) is 4.41. The van der Waals surface area contributed by atoms with E-state index in [1.807, 2.05) is 0 Å². The Labute approximate surface area is 119 Å². The van der Waals surface area contributed by atoms with Crippen molar-refractivity contribution in [3.8, 4) is 0 Å². The minimum Gasteiger partial charge on any atom is -0.369 e. The predicted octanol–water partition coefficient (Wildman–Crippen LogP) is 3.36. The Balaban J connectivity index is 2.22. The van der Waals surface area contributed by atoms with Crippen LogP contribution in [0.4, 0.5) is 17.5 Å². The van der Waals surface area contributed by atoms with Crippen molar-refractivity contribution in [3.05, 3.63) is 35.0 Å². The van der Waals surface area contributed by atoms with Crippen LogP contribution in [0, 0.1) is 20.8 Å². The van der Waals surface area contributed by atoms with Crippen molar-refractivity contribution in [3.63, 3.8) is 0 Å². The minimum absolute atomic E-state index is 0.515. The van der Waals surface area contributed by atoms with E-state index in [1.54, 1.807) is 6.20 Å². The second-order valence-electron chi connectivity index (χ2n) is 4.99. The molecule has 0 bridgehead atoms. The molecule has 0 saturated heterocycles. The summed E-state index contributed by atoms with van der Waals surface area (Å²) in [7, 11) is 0. The maximum atomic E-state index is 4.41. The van der Waals surface area contributed by atoms with Gasteiger partial charge in [-0.15, -0.1) is 5.10 Å². The summed E-state index contributed by atoms with van der Waals surface area (Å²) in [5.41, 5.74) is 4.66. The Hall–Kier alpha value is -2.17. The first-order valence-corrected chi connectivity index (χ1v) is 6.88. The Kier molecular flexibility index (Phi) is 4.50. The molecule has 5 heteroatoms. The SMILES string of the molecule is CCCNc1cnnc(Nc2c(C)cc(C)cc2C)n1. The second-order valence-corrected chi connectivity index (χ2v) is 4.99. The van der Waals surface area contributed by atoms with E-state index in [2.05, 4.69) is 65.6 Å². The maximum Gasteiger partial charge on any atom is 0.249 e. The average molecular weight is 271 g/mol. The van der Waals surface area contributed by atoms with Crippen molar-refractivity contribution in [2.45, 2.75) is 34.1 Å². The molecule has 1 heterocycles. The van der Waals surface area contributed by atoms with Gasteiger partial charge in [0.25, 0.3) is 0 Å². The summed E-state index contributed by atoms with van der Waals surface area (Å²) < 4.78 is 0. The highest BCUT2D eigenvalue weighted by Crippen LogP contribution is 2.24. The number of aryl methyl sites for hydroxylation is 3. The number of nitrogens with zero attached hydrogens (tertiary/aromatic N) is 3. The number of hydrogen-bond acceptors (Lipinski definition) is 5. The monoisotopic (exact) mass is 271 g/mol. The van der Waals surface area contributed by atoms with E-state index in [0.717, 1.165) is 24.5 Å². The van der Waals surface area contributed by atoms with Crippen LogP contribution in [0.1, 0.15) is 30.0 Å². The molecule has 0 spiro atoms. The highest BCUT2D eigenvalue weighted by Gasteiger charge is 2.07. The second kappa shape index (κ2) is 6.32. The van der Waals surface area contributed by atoms with Gasteiger partial charge in [-0.2, -0.15) is 10.1 Å². The molecule has 0 saturated carbocycles. The van der Waals surface area contributed by atoms with Crippen molar-refractivity contribution in [2.24, 2.45) is 0 Å².